The molecule has 104 valence electrons. The van der Waals surface area contributed by atoms with E-state index in [2.05, 4.69) is 15.3 Å². The van der Waals surface area contributed by atoms with E-state index in [4.69, 9.17) is 4.74 Å². The number of amides is 1. The Kier molecular flexibility index (Phi) is 5.23. The van der Waals surface area contributed by atoms with Crippen molar-refractivity contribution in [1.82, 2.24) is 20.2 Å². The molecule has 1 aromatic heterocycles. The average molecular weight is 264 g/mol. The van der Waals surface area contributed by atoms with Crippen LogP contribution in [0.4, 0.5) is 0 Å². The number of morpholine rings is 1. The zero-order valence-electron chi connectivity index (χ0n) is 11.3. The third-order valence-corrected chi connectivity index (χ3v) is 3.02. The van der Waals surface area contributed by atoms with E-state index >= 15 is 0 Å². The lowest BCUT2D eigenvalue weighted by molar-refractivity contribution is -0.135. The van der Waals surface area contributed by atoms with Crippen LogP contribution >= 0.6 is 0 Å². The molecule has 1 saturated heterocycles. The molecule has 1 aliphatic rings. The average Bonchev–Trinajstić information content (AvgIpc) is 2.44. The third-order valence-electron chi connectivity index (χ3n) is 3.02. The summed E-state index contributed by atoms with van der Waals surface area (Å²) in [6.07, 6.45) is 2.27. The maximum absolute atomic E-state index is 11.9. The zero-order chi connectivity index (χ0) is 13.5. The van der Waals surface area contributed by atoms with Crippen LogP contribution in [0.25, 0.3) is 0 Å². The molecule has 0 radical (unpaired) electrons. The third kappa shape index (κ3) is 4.57. The van der Waals surface area contributed by atoms with Gasteiger partial charge in [0.25, 0.3) is 0 Å². The molecule has 6 heteroatoms. The second-order valence-electron chi connectivity index (χ2n) is 4.52. The summed E-state index contributed by atoms with van der Waals surface area (Å²) in [5, 5.41) is 3.23. The normalized spacial score (nSPS) is 15.5. The van der Waals surface area contributed by atoms with Crippen LogP contribution in [0.1, 0.15) is 17.9 Å². The van der Waals surface area contributed by atoms with E-state index in [0.717, 1.165) is 11.5 Å². The molecule has 1 amide bonds. The monoisotopic (exact) mass is 264 g/mol. The van der Waals surface area contributed by atoms with E-state index < -0.39 is 0 Å². The van der Waals surface area contributed by atoms with Gasteiger partial charge in [-0.25, -0.2) is 9.97 Å². The second-order valence-corrected chi connectivity index (χ2v) is 4.52. The number of aromatic nitrogens is 2. The Hall–Kier alpha value is -1.53. The standard InChI is InChI=1S/C13H20N4O2/c1-11-15-5-2-12(16-11)10-14-4-3-13(18)17-6-8-19-9-7-17/h2,5,14H,3-4,6-10H2,1H3. The molecule has 19 heavy (non-hydrogen) atoms. The van der Waals surface area contributed by atoms with Crippen LogP contribution in [0.15, 0.2) is 12.3 Å². The lowest BCUT2D eigenvalue weighted by Gasteiger charge is -2.26. The molecule has 1 fully saturated rings. The smallest absolute Gasteiger partial charge is 0.224 e. The van der Waals surface area contributed by atoms with Gasteiger partial charge in [0.05, 0.1) is 18.9 Å². The molecule has 0 saturated carbocycles. The molecule has 1 aliphatic heterocycles. The molecule has 0 aliphatic carbocycles. The van der Waals surface area contributed by atoms with Gasteiger partial charge in [0, 0.05) is 38.8 Å². The fourth-order valence-electron chi connectivity index (χ4n) is 1.99. The van der Waals surface area contributed by atoms with E-state index in [1.807, 2.05) is 17.9 Å². The predicted molar refractivity (Wildman–Crippen MR) is 70.5 cm³/mol. The van der Waals surface area contributed by atoms with Crippen molar-refractivity contribution in [3.8, 4) is 0 Å². The molecule has 0 spiro atoms. The number of ether oxygens (including phenoxy) is 1. The SMILES string of the molecule is Cc1nccc(CNCCC(=O)N2CCOCC2)n1. The fourth-order valence-corrected chi connectivity index (χ4v) is 1.99. The van der Waals surface area contributed by atoms with Crippen molar-refractivity contribution in [3.05, 3.63) is 23.8 Å². The van der Waals surface area contributed by atoms with Crippen LogP contribution in [0.2, 0.25) is 0 Å². The summed E-state index contributed by atoms with van der Waals surface area (Å²) in [6, 6.07) is 1.88. The van der Waals surface area contributed by atoms with Gasteiger partial charge in [-0.1, -0.05) is 0 Å². The lowest BCUT2D eigenvalue weighted by atomic mass is 10.3. The maximum atomic E-state index is 11.9. The van der Waals surface area contributed by atoms with Crippen molar-refractivity contribution in [2.75, 3.05) is 32.8 Å². The van der Waals surface area contributed by atoms with Crippen LogP contribution in [0.3, 0.4) is 0 Å². The van der Waals surface area contributed by atoms with Gasteiger partial charge < -0.3 is 15.0 Å². The molecule has 0 aromatic carbocycles. The molecular formula is C13H20N4O2. The Morgan fingerprint density at radius 1 is 1.47 bits per heavy atom. The molecular weight excluding hydrogens is 244 g/mol. The van der Waals surface area contributed by atoms with Crippen molar-refractivity contribution in [2.24, 2.45) is 0 Å². The summed E-state index contributed by atoms with van der Waals surface area (Å²) in [4.78, 5) is 22.1. The molecule has 0 bridgehead atoms. The van der Waals surface area contributed by atoms with Crippen molar-refractivity contribution in [3.63, 3.8) is 0 Å². The fraction of sp³-hybridized carbons (Fsp3) is 0.615. The van der Waals surface area contributed by atoms with Crippen LogP contribution in [-0.2, 0) is 16.1 Å². The van der Waals surface area contributed by atoms with Crippen LogP contribution < -0.4 is 5.32 Å². The zero-order valence-corrected chi connectivity index (χ0v) is 11.3. The van der Waals surface area contributed by atoms with Crippen LogP contribution in [-0.4, -0.2) is 53.6 Å². The van der Waals surface area contributed by atoms with E-state index in [1.54, 1.807) is 6.20 Å². The largest absolute Gasteiger partial charge is 0.378 e. The van der Waals surface area contributed by atoms with E-state index in [1.165, 1.54) is 0 Å². The quantitative estimate of drug-likeness (QED) is 0.765. The summed E-state index contributed by atoms with van der Waals surface area (Å²) >= 11 is 0. The highest BCUT2D eigenvalue weighted by molar-refractivity contribution is 5.76. The van der Waals surface area contributed by atoms with E-state index in [9.17, 15) is 4.79 Å². The first-order valence-electron chi connectivity index (χ1n) is 6.60. The first-order valence-corrected chi connectivity index (χ1v) is 6.60. The minimum Gasteiger partial charge on any atom is -0.378 e. The van der Waals surface area contributed by atoms with Crippen LogP contribution in [0.5, 0.6) is 0 Å². The summed E-state index contributed by atoms with van der Waals surface area (Å²) < 4.78 is 5.22. The second kappa shape index (κ2) is 7.16. The van der Waals surface area contributed by atoms with Crippen molar-refractivity contribution >= 4 is 5.91 Å². The lowest BCUT2D eigenvalue weighted by Crippen LogP contribution is -2.41. The van der Waals surface area contributed by atoms with Gasteiger partial charge in [-0.15, -0.1) is 0 Å². The van der Waals surface area contributed by atoms with Crippen molar-refractivity contribution < 1.29 is 9.53 Å². The minimum atomic E-state index is 0.190. The first-order chi connectivity index (χ1) is 9.25. The molecule has 2 heterocycles. The highest BCUT2D eigenvalue weighted by atomic mass is 16.5. The number of hydrogen-bond donors (Lipinski definition) is 1. The topological polar surface area (TPSA) is 67.4 Å². The highest BCUT2D eigenvalue weighted by Crippen LogP contribution is 2.00. The van der Waals surface area contributed by atoms with Gasteiger partial charge in [-0.05, 0) is 13.0 Å². The van der Waals surface area contributed by atoms with Crippen molar-refractivity contribution in [2.45, 2.75) is 19.9 Å². The van der Waals surface area contributed by atoms with E-state index in [-0.39, 0.29) is 5.91 Å². The van der Waals surface area contributed by atoms with Gasteiger partial charge in [0.2, 0.25) is 5.91 Å². The number of hydrogen-bond acceptors (Lipinski definition) is 5. The maximum Gasteiger partial charge on any atom is 0.224 e. The summed E-state index contributed by atoms with van der Waals surface area (Å²) in [6.45, 7) is 5.93. The Balaban J connectivity index is 1.65. The molecule has 1 aromatic rings. The Bertz CT molecular complexity index is 419. The molecule has 1 N–H and O–H groups in total. The van der Waals surface area contributed by atoms with Gasteiger partial charge in [0.15, 0.2) is 0 Å². The van der Waals surface area contributed by atoms with E-state index in [0.29, 0.717) is 45.8 Å². The number of aryl methyl sites for hydroxylation is 1. The van der Waals surface area contributed by atoms with Crippen LogP contribution in [0, 0.1) is 6.92 Å². The van der Waals surface area contributed by atoms with Gasteiger partial charge in [-0.3, -0.25) is 4.79 Å². The number of rotatable bonds is 5. The summed E-state index contributed by atoms with van der Waals surface area (Å²) in [7, 11) is 0. The number of nitrogens with zero attached hydrogens (tertiary/aromatic N) is 3. The van der Waals surface area contributed by atoms with Gasteiger partial charge in [-0.2, -0.15) is 0 Å². The minimum absolute atomic E-state index is 0.190. The van der Waals surface area contributed by atoms with Gasteiger partial charge >= 0.3 is 0 Å². The highest BCUT2D eigenvalue weighted by Gasteiger charge is 2.15. The molecule has 2 rings (SSSR count). The Morgan fingerprint density at radius 2 is 2.26 bits per heavy atom. The Labute approximate surface area is 113 Å². The number of nitrogens with one attached hydrogen (secondary N) is 1. The molecule has 0 unspecified atom stereocenters. The number of carbonyl (C=O) groups is 1. The predicted octanol–water partition coefficient (Wildman–Crippen LogP) is 0.124. The first kappa shape index (κ1) is 13.9. The molecule has 6 nitrogen and oxygen atoms in total. The number of carbonyl (C=O) groups excluding carboxylic acids is 1. The van der Waals surface area contributed by atoms with Gasteiger partial charge in [0.1, 0.15) is 5.82 Å². The van der Waals surface area contributed by atoms with Crippen molar-refractivity contribution in [1.29, 1.82) is 0 Å². The summed E-state index contributed by atoms with van der Waals surface area (Å²) in [5.41, 5.74) is 0.950. The molecule has 0 atom stereocenters. The summed E-state index contributed by atoms with van der Waals surface area (Å²) in [5.74, 6) is 0.957. The Morgan fingerprint density at radius 3 is 3.00 bits per heavy atom.